The third-order valence-electron chi connectivity index (χ3n) is 9.38. The quantitative estimate of drug-likeness (QED) is 0.400. The lowest BCUT2D eigenvalue weighted by atomic mass is 9.45. The van der Waals surface area contributed by atoms with Gasteiger partial charge in [-0.25, -0.2) is 8.78 Å². The minimum Gasteiger partial charge on any atom is -0.449 e. The molecule has 0 aromatic rings. The number of halogens is 2. The first-order valence-corrected chi connectivity index (χ1v) is 13.8. The van der Waals surface area contributed by atoms with Crippen molar-refractivity contribution in [3.8, 4) is 0 Å². The molecular weight excluding hydrogens is 502 g/mol. The van der Waals surface area contributed by atoms with Crippen molar-refractivity contribution in [3.63, 3.8) is 0 Å². The van der Waals surface area contributed by atoms with Crippen LogP contribution in [0.1, 0.15) is 53.4 Å². The van der Waals surface area contributed by atoms with Gasteiger partial charge in [0.15, 0.2) is 22.8 Å². The Kier molecular flexibility index (Phi) is 7.21. The number of ether oxygens (including phenoxy) is 1. The number of fused-ring (bicyclic) bond motifs is 5. The zero-order chi connectivity index (χ0) is 27.4. The Morgan fingerprint density at radius 1 is 1.22 bits per heavy atom. The number of esters is 1. The zero-order valence-corrected chi connectivity index (χ0v) is 22.4. The molecule has 202 valence electrons. The van der Waals surface area contributed by atoms with E-state index in [1.165, 1.54) is 25.2 Å². The topological polar surface area (TPSA) is 97.7 Å². The molecule has 0 heterocycles. The molecule has 0 radical (unpaired) electrons. The zero-order valence-electron chi connectivity index (χ0n) is 21.6. The summed E-state index contributed by atoms with van der Waals surface area (Å²) in [6, 6.07) is 0. The fourth-order valence-corrected chi connectivity index (χ4v) is 8.65. The van der Waals surface area contributed by atoms with E-state index in [0.29, 0.717) is 0 Å². The highest BCUT2D eigenvalue weighted by atomic mass is 32.2. The number of allylic oxidation sites excluding steroid dienone is 4. The van der Waals surface area contributed by atoms with Gasteiger partial charge in [-0.3, -0.25) is 19.2 Å². The molecule has 0 spiro atoms. The molecule has 37 heavy (non-hydrogen) atoms. The second-order valence-corrected chi connectivity index (χ2v) is 12.1. The van der Waals surface area contributed by atoms with Gasteiger partial charge in [-0.05, 0) is 43.4 Å². The number of thioether (sulfide) groups is 1. The Balaban J connectivity index is 1.82. The van der Waals surface area contributed by atoms with Gasteiger partial charge in [0, 0.05) is 35.8 Å². The lowest BCUT2D eigenvalue weighted by Gasteiger charge is -2.60. The predicted octanol–water partition coefficient (Wildman–Crippen LogP) is 4.26. The molecule has 3 unspecified atom stereocenters. The molecule has 0 aliphatic heterocycles. The normalized spacial score (nSPS) is 42.7. The summed E-state index contributed by atoms with van der Waals surface area (Å²) in [4.78, 5) is 52.4. The molecular formula is C28H34F2O6S. The third kappa shape index (κ3) is 3.74. The SMILES string of the molecule is CCC(=O)O[C@]1(C(=O)SC/C=C/CO)[C@H](C)CC2C3C[C@H](F)C4=CC(=O)C=CC4(C)[C@@]3(F)C(=O)C[C@@]21C. The number of carbonyl (C=O) groups is 4. The number of rotatable bonds is 6. The molecule has 9 heteroatoms. The van der Waals surface area contributed by atoms with E-state index in [0.717, 1.165) is 17.8 Å². The summed E-state index contributed by atoms with van der Waals surface area (Å²) in [6.07, 6.45) is 4.74. The molecule has 4 aliphatic carbocycles. The first-order valence-electron chi connectivity index (χ1n) is 12.8. The number of alkyl halides is 2. The summed E-state index contributed by atoms with van der Waals surface area (Å²) in [5, 5.41) is 8.57. The second-order valence-electron chi connectivity index (χ2n) is 11.1. The number of hydrogen-bond donors (Lipinski definition) is 1. The van der Waals surface area contributed by atoms with Gasteiger partial charge in [-0.2, -0.15) is 0 Å². The molecule has 4 aliphatic rings. The van der Waals surface area contributed by atoms with Gasteiger partial charge in [0.1, 0.15) is 6.17 Å². The van der Waals surface area contributed by atoms with E-state index >= 15 is 8.78 Å². The fourth-order valence-electron chi connectivity index (χ4n) is 7.58. The van der Waals surface area contributed by atoms with Gasteiger partial charge in [0.2, 0.25) is 5.12 Å². The Morgan fingerprint density at radius 3 is 2.57 bits per heavy atom. The molecule has 4 rings (SSSR count). The lowest BCUT2D eigenvalue weighted by Crippen LogP contribution is -2.69. The van der Waals surface area contributed by atoms with Crippen molar-refractivity contribution in [1.82, 2.24) is 0 Å². The van der Waals surface area contributed by atoms with Crippen LogP contribution in [-0.4, -0.2) is 57.6 Å². The number of hydrogen-bond acceptors (Lipinski definition) is 7. The predicted molar refractivity (Wildman–Crippen MR) is 135 cm³/mol. The summed E-state index contributed by atoms with van der Waals surface area (Å²) in [7, 11) is 0. The van der Waals surface area contributed by atoms with Crippen LogP contribution in [0.25, 0.3) is 0 Å². The summed E-state index contributed by atoms with van der Waals surface area (Å²) >= 11 is 0.920. The smallest absolute Gasteiger partial charge is 0.306 e. The van der Waals surface area contributed by atoms with Crippen LogP contribution in [-0.2, 0) is 23.9 Å². The van der Waals surface area contributed by atoms with Gasteiger partial charge in [0.25, 0.3) is 0 Å². The second kappa shape index (κ2) is 9.56. The molecule has 0 aromatic carbocycles. The van der Waals surface area contributed by atoms with Gasteiger partial charge >= 0.3 is 5.97 Å². The number of ketones is 2. The molecule has 0 amide bonds. The summed E-state index contributed by atoms with van der Waals surface area (Å²) in [5.41, 5.74) is -7.05. The molecule has 1 N–H and O–H groups in total. The van der Waals surface area contributed by atoms with Gasteiger partial charge in [-0.15, -0.1) is 0 Å². The summed E-state index contributed by atoms with van der Waals surface area (Å²) in [5.74, 6) is -3.80. The molecule has 8 atom stereocenters. The van der Waals surface area contributed by atoms with E-state index in [1.807, 2.05) is 0 Å². The molecule has 3 saturated carbocycles. The summed E-state index contributed by atoms with van der Waals surface area (Å²) in [6.45, 7) is 6.36. The number of aliphatic hydroxyl groups is 1. The minimum absolute atomic E-state index is 0.0135. The van der Waals surface area contributed by atoms with Crippen molar-refractivity contribution >= 4 is 34.4 Å². The van der Waals surface area contributed by atoms with E-state index in [2.05, 4.69) is 0 Å². The monoisotopic (exact) mass is 536 g/mol. The van der Waals surface area contributed by atoms with Crippen molar-refractivity contribution in [2.75, 3.05) is 12.4 Å². The Labute approximate surface area is 220 Å². The van der Waals surface area contributed by atoms with Crippen LogP contribution in [0.4, 0.5) is 8.78 Å². The van der Waals surface area contributed by atoms with Crippen molar-refractivity contribution in [2.24, 2.45) is 28.6 Å². The standard InChI is InChI=1S/C28H34F2O6S/c1-5-23(34)36-28(24(35)37-11-7-6-10-31)16(2)12-18-19-14-21(29)20-13-17(32)8-9-25(20,3)27(19,30)22(33)15-26(18,28)4/h6-9,13,16,18-19,21,31H,5,10-12,14-15H2,1-4H3/b7-6+/t16-,18?,19?,21+,25?,26+,27+,28+/m1/s1. The van der Waals surface area contributed by atoms with Crippen LogP contribution >= 0.6 is 11.8 Å². The van der Waals surface area contributed by atoms with Gasteiger partial charge in [-0.1, -0.05) is 50.8 Å². The first-order chi connectivity index (χ1) is 17.3. The maximum Gasteiger partial charge on any atom is 0.306 e. The van der Waals surface area contributed by atoms with Gasteiger partial charge in [0.05, 0.1) is 12.0 Å². The minimum atomic E-state index is -2.46. The van der Waals surface area contributed by atoms with E-state index in [1.54, 1.807) is 26.8 Å². The van der Waals surface area contributed by atoms with Crippen LogP contribution in [0.2, 0.25) is 0 Å². The molecule has 0 bridgehead atoms. The highest BCUT2D eigenvalue weighted by Gasteiger charge is 2.78. The van der Waals surface area contributed by atoms with E-state index in [4.69, 9.17) is 9.84 Å². The average molecular weight is 537 g/mol. The van der Waals surface area contributed by atoms with Crippen LogP contribution in [0.5, 0.6) is 0 Å². The van der Waals surface area contributed by atoms with Crippen molar-refractivity contribution in [3.05, 3.63) is 36.0 Å². The van der Waals surface area contributed by atoms with Crippen LogP contribution in [0.3, 0.4) is 0 Å². The van der Waals surface area contributed by atoms with E-state index < -0.39 is 68.7 Å². The molecule has 6 nitrogen and oxygen atoms in total. The average Bonchev–Trinajstić information content (AvgIpc) is 3.06. The number of aliphatic hydroxyl groups excluding tert-OH is 1. The van der Waals surface area contributed by atoms with Crippen LogP contribution in [0, 0.1) is 28.6 Å². The summed E-state index contributed by atoms with van der Waals surface area (Å²) < 4.78 is 38.9. The largest absolute Gasteiger partial charge is 0.449 e. The van der Waals surface area contributed by atoms with E-state index in [-0.39, 0.29) is 43.6 Å². The number of Topliss-reactive ketones (excluding diaryl/α,β-unsaturated/α-hetero) is 1. The van der Waals surface area contributed by atoms with Crippen molar-refractivity contribution < 1.29 is 37.8 Å². The lowest BCUT2D eigenvalue weighted by molar-refractivity contribution is -0.200. The van der Waals surface area contributed by atoms with E-state index in [9.17, 15) is 19.2 Å². The Hall–Kier alpha value is -2.13. The Bertz CT molecular complexity index is 1120. The van der Waals surface area contributed by atoms with Crippen molar-refractivity contribution in [2.45, 2.75) is 70.8 Å². The van der Waals surface area contributed by atoms with Crippen LogP contribution in [0.15, 0.2) is 36.0 Å². The fraction of sp³-hybridized carbons (Fsp3) is 0.643. The first kappa shape index (κ1) is 27.9. The highest BCUT2D eigenvalue weighted by molar-refractivity contribution is 8.14. The third-order valence-corrected chi connectivity index (χ3v) is 10.3. The molecule has 0 aromatic heterocycles. The highest BCUT2D eigenvalue weighted by Crippen LogP contribution is 2.71. The molecule has 0 saturated heterocycles. The number of carbonyl (C=O) groups excluding carboxylic acids is 4. The molecule has 3 fully saturated rings. The Morgan fingerprint density at radius 2 is 1.92 bits per heavy atom. The maximum atomic E-state index is 17.3. The van der Waals surface area contributed by atoms with Gasteiger partial charge < -0.3 is 9.84 Å². The maximum absolute atomic E-state index is 17.3. The van der Waals surface area contributed by atoms with Crippen LogP contribution < -0.4 is 0 Å². The van der Waals surface area contributed by atoms with Crippen molar-refractivity contribution in [1.29, 1.82) is 0 Å².